The Labute approximate surface area is 126 Å². The maximum absolute atomic E-state index is 12.1. The Bertz CT molecular complexity index is 451. The monoisotopic (exact) mass is 291 g/mol. The van der Waals surface area contributed by atoms with E-state index in [4.69, 9.17) is 0 Å². The number of benzene rings is 1. The fourth-order valence-corrected chi connectivity index (χ4v) is 2.07. The zero-order chi connectivity index (χ0) is 15.7. The quantitative estimate of drug-likeness (QED) is 0.774. The highest BCUT2D eigenvalue weighted by Gasteiger charge is 2.10. The Hall–Kier alpha value is -2.04. The third-order valence-electron chi connectivity index (χ3n) is 2.99. The van der Waals surface area contributed by atoms with Crippen molar-refractivity contribution in [2.75, 3.05) is 30.3 Å². The van der Waals surface area contributed by atoms with Crippen molar-refractivity contribution in [2.45, 2.75) is 33.6 Å². The maximum Gasteiger partial charge on any atom is 0.241 e. The van der Waals surface area contributed by atoms with Crippen LogP contribution in [-0.2, 0) is 9.59 Å². The molecule has 1 aromatic rings. The van der Waals surface area contributed by atoms with Crippen LogP contribution in [0.25, 0.3) is 0 Å². The molecule has 116 valence electrons. The summed E-state index contributed by atoms with van der Waals surface area (Å²) in [6, 6.07) is 7.32. The molecule has 21 heavy (non-hydrogen) atoms. The Morgan fingerprint density at radius 3 is 2.00 bits per heavy atom. The van der Waals surface area contributed by atoms with Crippen LogP contribution in [0.3, 0.4) is 0 Å². The zero-order valence-corrected chi connectivity index (χ0v) is 13.1. The van der Waals surface area contributed by atoms with Gasteiger partial charge in [-0.05, 0) is 37.1 Å². The van der Waals surface area contributed by atoms with E-state index in [9.17, 15) is 9.59 Å². The molecule has 5 heteroatoms. The fraction of sp³-hybridized carbons (Fsp3) is 0.500. The molecule has 0 fully saturated rings. The second-order valence-corrected chi connectivity index (χ2v) is 4.99. The summed E-state index contributed by atoms with van der Waals surface area (Å²) >= 11 is 0. The molecule has 0 radical (unpaired) electrons. The Kier molecular flexibility index (Phi) is 7.29. The summed E-state index contributed by atoms with van der Waals surface area (Å²) in [6.45, 7) is 7.51. The van der Waals surface area contributed by atoms with E-state index in [1.165, 1.54) is 6.92 Å². The highest BCUT2D eigenvalue weighted by atomic mass is 16.2. The van der Waals surface area contributed by atoms with Crippen LogP contribution in [0.4, 0.5) is 11.4 Å². The fourth-order valence-electron chi connectivity index (χ4n) is 2.07. The van der Waals surface area contributed by atoms with Crippen molar-refractivity contribution in [1.29, 1.82) is 0 Å². The minimum Gasteiger partial charge on any atom is -0.376 e. The molecule has 1 rings (SSSR count). The highest BCUT2D eigenvalue weighted by Crippen LogP contribution is 2.13. The van der Waals surface area contributed by atoms with E-state index in [1.54, 1.807) is 0 Å². The third-order valence-corrected chi connectivity index (χ3v) is 2.99. The number of nitrogens with one attached hydrogen (secondary N) is 2. The minimum atomic E-state index is -0.0966. The van der Waals surface area contributed by atoms with Gasteiger partial charge in [-0.15, -0.1) is 0 Å². The molecular formula is C16H25N3O2. The molecule has 1 aromatic carbocycles. The van der Waals surface area contributed by atoms with E-state index in [1.807, 2.05) is 29.2 Å². The van der Waals surface area contributed by atoms with Crippen LogP contribution in [0.2, 0.25) is 0 Å². The average molecular weight is 291 g/mol. The molecule has 0 unspecified atom stereocenters. The molecule has 0 saturated carbocycles. The van der Waals surface area contributed by atoms with Crippen LogP contribution in [0, 0.1) is 0 Å². The molecule has 2 N–H and O–H groups in total. The topological polar surface area (TPSA) is 61.4 Å². The normalized spacial score (nSPS) is 10.0. The van der Waals surface area contributed by atoms with Gasteiger partial charge in [-0.3, -0.25) is 9.59 Å². The number of anilines is 2. The average Bonchev–Trinajstić information content (AvgIpc) is 2.45. The van der Waals surface area contributed by atoms with E-state index in [0.717, 1.165) is 37.3 Å². The molecule has 0 spiro atoms. The largest absolute Gasteiger partial charge is 0.376 e. The molecule has 5 nitrogen and oxygen atoms in total. The Morgan fingerprint density at radius 2 is 1.52 bits per heavy atom. The first-order chi connectivity index (χ1) is 10.1. The van der Waals surface area contributed by atoms with E-state index >= 15 is 0 Å². The zero-order valence-electron chi connectivity index (χ0n) is 13.1. The Balaban J connectivity index is 2.49. The van der Waals surface area contributed by atoms with Crippen LogP contribution in [0.15, 0.2) is 24.3 Å². The second kappa shape index (κ2) is 9.00. The van der Waals surface area contributed by atoms with Crippen LogP contribution in [0.1, 0.15) is 33.6 Å². The molecule has 0 bridgehead atoms. The van der Waals surface area contributed by atoms with Crippen LogP contribution in [0.5, 0.6) is 0 Å². The first-order valence-electron chi connectivity index (χ1n) is 7.46. The van der Waals surface area contributed by atoms with Crippen molar-refractivity contribution in [2.24, 2.45) is 0 Å². The van der Waals surface area contributed by atoms with Gasteiger partial charge in [0.05, 0.1) is 6.54 Å². The van der Waals surface area contributed by atoms with E-state index < -0.39 is 0 Å². The standard InChI is InChI=1S/C16H25N3O2/c1-4-10-19(11-5-2)16(21)12-17-14-6-8-15(9-7-14)18-13(3)20/h6-9,17H,4-5,10-12H2,1-3H3,(H,18,20). The smallest absolute Gasteiger partial charge is 0.241 e. The Morgan fingerprint density at radius 1 is 1.00 bits per heavy atom. The van der Waals surface area contributed by atoms with Gasteiger partial charge in [-0.2, -0.15) is 0 Å². The summed E-state index contributed by atoms with van der Waals surface area (Å²) in [7, 11) is 0. The van der Waals surface area contributed by atoms with E-state index in [-0.39, 0.29) is 11.8 Å². The first kappa shape index (κ1) is 17.0. The molecule has 0 atom stereocenters. The summed E-state index contributed by atoms with van der Waals surface area (Å²) in [5.41, 5.74) is 1.61. The summed E-state index contributed by atoms with van der Waals surface area (Å²) in [5.74, 6) is 0.0188. The SMILES string of the molecule is CCCN(CCC)C(=O)CNc1ccc(NC(C)=O)cc1. The lowest BCUT2D eigenvalue weighted by molar-refractivity contribution is -0.129. The lowest BCUT2D eigenvalue weighted by Gasteiger charge is -2.21. The predicted octanol–water partition coefficient (Wildman–Crippen LogP) is 2.71. The molecular weight excluding hydrogens is 266 g/mol. The summed E-state index contributed by atoms with van der Waals surface area (Å²) in [4.78, 5) is 24.9. The van der Waals surface area contributed by atoms with Crippen molar-refractivity contribution >= 4 is 23.2 Å². The minimum absolute atomic E-state index is 0.0966. The van der Waals surface area contributed by atoms with Gasteiger partial charge in [-0.1, -0.05) is 13.8 Å². The summed E-state index contributed by atoms with van der Waals surface area (Å²) in [6.07, 6.45) is 1.94. The van der Waals surface area contributed by atoms with Gasteiger partial charge in [-0.25, -0.2) is 0 Å². The highest BCUT2D eigenvalue weighted by molar-refractivity contribution is 5.88. The van der Waals surface area contributed by atoms with Crippen molar-refractivity contribution < 1.29 is 9.59 Å². The van der Waals surface area contributed by atoms with E-state index in [0.29, 0.717) is 6.54 Å². The number of hydrogen-bond donors (Lipinski definition) is 2. The number of rotatable bonds is 8. The van der Waals surface area contributed by atoms with Gasteiger partial charge < -0.3 is 15.5 Å². The summed E-state index contributed by atoms with van der Waals surface area (Å²) < 4.78 is 0. The molecule has 2 amide bonds. The van der Waals surface area contributed by atoms with Crippen molar-refractivity contribution in [3.8, 4) is 0 Å². The van der Waals surface area contributed by atoms with Gasteiger partial charge in [0.15, 0.2) is 0 Å². The van der Waals surface area contributed by atoms with Crippen molar-refractivity contribution in [3.05, 3.63) is 24.3 Å². The number of amides is 2. The van der Waals surface area contributed by atoms with Crippen LogP contribution >= 0.6 is 0 Å². The van der Waals surface area contributed by atoms with E-state index in [2.05, 4.69) is 24.5 Å². The molecule has 0 heterocycles. The first-order valence-corrected chi connectivity index (χ1v) is 7.46. The third kappa shape index (κ3) is 6.29. The van der Waals surface area contributed by atoms with Crippen molar-refractivity contribution in [1.82, 2.24) is 4.90 Å². The van der Waals surface area contributed by atoms with Crippen LogP contribution in [-0.4, -0.2) is 36.3 Å². The number of hydrogen-bond acceptors (Lipinski definition) is 3. The molecule has 0 saturated heterocycles. The predicted molar refractivity (Wildman–Crippen MR) is 86.4 cm³/mol. The van der Waals surface area contributed by atoms with Gasteiger partial charge in [0.1, 0.15) is 0 Å². The molecule has 0 aromatic heterocycles. The number of carbonyl (C=O) groups is 2. The summed E-state index contributed by atoms with van der Waals surface area (Å²) in [5, 5.41) is 5.83. The number of nitrogens with zero attached hydrogens (tertiary/aromatic N) is 1. The lowest BCUT2D eigenvalue weighted by Crippen LogP contribution is -2.36. The van der Waals surface area contributed by atoms with Gasteiger partial charge in [0, 0.05) is 31.4 Å². The number of carbonyl (C=O) groups excluding carboxylic acids is 2. The molecule has 0 aliphatic heterocycles. The van der Waals surface area contributed by atoms with Gasteiger partial charge in [0.2, 0.25) is 11.8 Å². The lowest BCUT2D eigenvalue weighted by atomic mass is 10.2. The van der Waals surface area contributed by atoms with Gasteiger partial charge in [0.25, 0.3) is 0 Å². The van der Waals surface area contributed by atoms with Crippen LogP contribution < -0.4 is 10.6 Å². The second-order valence-electron chi connectivity index (χ2n) is 4.99. The maximum atomic E-state index is 12.1. The van der Waals surface area contributed by atoms with Crippen molar-refractivity contribution in [3.63, 3.8) is 0 Å². The molecule has 0 aliphatic carbocycles. The van der Waals surface area contributed by atoms with Gasteiger partial charge >= 0.3 is 0 Å². The molecule has 0 aliphatic rings.